The van der Waals surface area contributed by atoms with Crippen molar-refractivity contribution in [3.05, 3.63) is 217 Å². The molecule has 52 heavy (non-hydrogen) atoms. The Hall–Kier alpha value is -6.70. The zero-order chi connectivity index (χ0) is 34.7. The summed E-state index contributed by atoms with van der Waals surface area (Å²) in [5.74, 6) is 0. The van der Waals surface area contributed by atoms with E-state index in [1.165, 1.54) is 66.8 Å². The minimum absolute atomic E-state index is 0.830. The first-order valence-electron chi connectivity index (χ1n) is 17.9. The Bertz CT molecular complexity index is 2630. The van der Waals surface area contributed by atoms with Crippen molar-refractivity contribution < 1.29 is 4.42 Å². The van der Waals surface area contributed by atoms with Gasteiger partial charge in [0.25, 0.3) is 0 Å². The summed E-state index contributed by atoms with van der Waals surface area (Å²) in [6.45, 7) is 0. The molecule has 0 aliphatic heterocycles. The minimum Gasteiger partial charge on any atom is -0.456 e. The molecule has 0 N–H and O–H groups in total. The van der Waals surface area contributed by atoms with Crippen molar-refractivity contribution in [2.75, 3.05) is 0 Å². The Kier molecular flexibility index (Phi) is 8.37. The lowest BCUT2D eigenvalue weighted by molar-refractivity contribution is 0.669. The first kappa shape index (κ1) is 31.3. The summed E-state index contributed by atoms with van der Waals surface area (Å²) < 4.78 is 6.24. The second-order valence-corrected chi connectivity index (χ2v) is 13.4. The smallest absolute Gasteiger partial charge is 0.135 e. The number of allylic oxidation sites excluding steroid dienone is 1. The van der Waals surface area contributed by atoms with E-state index in [1.807, 2.05) is 0 Å². The molecule has 1 heterocycles. The van der Waals surface area contributed by atoms with Crippen molar-refractivity contribution in [3.63, 3.8) is 0 Å². The highest BCUT2D eigenvalue weighted by atomic mass is 16.3. The third kappa shape index (κ3) is 6.49. The molecule has 8 aromatic carbocycles. The molecule has 0 spiro atoms. The topological polar surface area (TPSA) is 13.1 Å². The van der Waals surface area contributed by atoms with Gasteiger partial charge in [-0.1, -0.05) is 182 Å². The van der Waals surface area contributed by atoms with Crippen molar-refractivity contribution in [2.45, 2.75) is 6.42 Å². The van der Waals surface area contributed by atoms with Crippen LogP contribution in [0.15, 0.2) is 205 Å². The summed E-state index contributed by atoms with van der Waals surface area (Å²) in [6.07, 6.45) is 3.17. The Morgan fingerprint density at radius 2 is 0.750 bits per heavy atom. The van der Waals surface area contributed by atoms with Crippen molar-refractivity contribution in [2.24, 2.45) is 0 Å². The van der Waals surface area contributed by atoms with Crippen LogP contribution in [0.4, 0.5) is 0 Å². The van der Waals surface area contributed by atoms with Crippen LogP contribution in [0.2, 0.25) is 0 Å². The zero-order valence-electron chi connectivity index (χ0n) is 28.7. The number of hydrogen-bond acceptors (Lipinski definition) is 1. The first-order valence-corrected chi connectivity index (χ1v) is 17.9. The van der Waals surface area contributed by atoms with Gasteiger partial charge in [0, 0.05) is 10.8 Å². The molecule has 0 fully saturated rings. The number of hydrogen-bond donors (Lipinski definition) is 0. The monoisotopic (exact) mass is 664 g/mol. The quantitative estimate of drug-likeness (QED) is 0.147. The van der Waals surface area contributed by atoms with Gasteiger partial charge in [-0.05, 0) is 97.5 Å². The van der Waals surface area contributed by atoms with Gasteiger partial charge in [-0.25, -0.2) is 0 Å². The number of benzene rings is 8. The molecule has 0 radical (unpaired) electrons. The number of fused-ring (bicyclic) bond motifs is 3. The molecule has 0 aliphatic carbocycles. The lowest BCUT2D eigenvalue weighted by atomic mass is 9.93. The summed E-state index contributed by atoms with van der Waals surface area (Å²) in [4.78, 5) is 0. The van der Waals surface area contributed by atoms with Gasteiger partial charge < -0.3 is 4.42 Å². The van der Waals surface area contributed by atoms with Crippen molar-refractivity contribution in [3.8, 4) is 44.5 Å². The molecule has 0 bridgehead atoms. The van der Waals surface area contributed by atoms with E-state index in [0.717, 1.165) is 28.4 Å². The maximum atomic E-state index is 6.24. The summed E-state index contributed by atoms with van der Waals surface area (Å²) >= 11 is 0. The Morgan fingerprint density at radius 1 is 0.365 bits per heavy atom. The standard InChI is InChI=1S/C51H36O/c1-4-10-38(11-5-1)41-20-16-36(17-21-41)32-47(44-26-24-42(25-27-44)39-12-6-2-7-13-39)33-37-18-22-43(23-19-37)46-29-31-51-49(35-46)48-34-45(28-30-50(48)52-51)40-14-8-3-9-15-40/h1-31,33-35H,32H2/b47-33-. The molecule has 1 aromatic heterocycles. The van der Waals surface area contributed by atoms with Crippen LogP contribution in [0.25, 0.3) is 78.1 Å². The van der Waals surface area contributed by atoms with Gasteiger partial charge in [0.15, 0.2) is 0 Å². The summed E-state index contributed by atoms with van der Waals surface area (Å²) in [5, 5.41) is 2.27. The molecule has 0 unspecified atom stereocenters. The van der Waals surface area contributed by atoms with Crippen LogP contribution >= 0.6 is 0 Å². The Balaban J connectivity index is 1.03. The number of furan rings is 1. The molecule has 0 atom stereocenters. The SMILES string of the molecule is C(=C(\Cc1ccc(-c2ccccc2)cc1)c1ccc(-c2ccccc2)cc1)/c1ccc(-c2ccc3oc4ccc(-c5ccccc5)cc4c3c2)cc1. The van der Waals surface area contributed by atoms with Crippen LogP contribution in [0.1, 0.15) is 16.7 Å². The lowest BCUT2D eigenvalue weighted by Crippen LogP contribution is -1.92. The van der Waals surface area contributed by atoms with Gasteiger partial charge in [0.05, 0.1) is 0 Å². The molecule has 9 aromatic rings. The van der Waals surface area contributed by atoms with Gasteiger partial charge in [0.2, 0.25) is 0 Å². The van der Waals surface area contributed by atoms with Crippen molar-refractivity contribution in [1.82, 2.24) is 0 Å². The molecule has 0 aliphatic rings. The van der Waals surface area contributed by atoms with E-state index in [-0.39, 0.29) is 0 Å². The molecule has 1 heteroatoms. The predicted molar refractivity (Wildman–Crippen MR) is 220 cm³/mol. The van der Waals surface area contributed by atoms with E-state index in [2.05, 4.69) is 206 Å². The third-order valence-electron chi connectivity index (χ3n) is 9.98. The lowest BCUT2D eigenvalue weighted by Gasteiger charge is -2.12. The molecule has 0 saturated carbocycles. The highest BCUT2D eigenvalue weighted by Gasteiger charge is 2.11. The minimum atomic E-state index is 0.830. The zero-order valence-corrected chi connectivity index (χ0v) is 28.7. The fourth-order valence-electron chi connectivity index (χ4n) is 7.15. The molecule has 0 amide bonds. The van der Waals surface area contributed by atoms with Gasteiger partial charge in [-0.15, -0.1) is 0 Å². The Labute approximate surface area is 304 Å². The fourth-order valence-corrected chi connectivity index (χ4v) is 7.15. The highest BCUT2D eigenvalue weighted by molar-refractivity contribution is 6.07. The van der Waals surface area contributed by atoms with Crippen LogP contribution in [0, 0.1) is 0 Å². The fraction of sp³-hybridized carbons (Fsp3) is 0.0196. The maximum absolute atomic E-state index is 6.24. The third-order valence-corrected chi connectivity index (χ3v) is 9.98. The van der Waals surface area contributed by atoms with Gasteiger partial charge >= 0.3 is 0 Å². The second-order valence-electron chi connectivity index (χ2n) is 13.4. The van der Waals surface area contributed by atoms with Crippen LogP contribution < -0.4 is 0 Å². The normalized spacial score (nSPS) is 11.7. The predicted octanol–water partition coefficient (Wildman–Crippen LogP) is 14.0. The average Bonchev–Trinajstić information content (AvgIpc) is 3.59. The van der Waals surface area contributed by atoms with Crippen LogP contribution in [-0.2, 0) is 6.42 Å². The Morgan fingerprint density at radius 3 is 1.25 bits per heavy atom. The van der Waals surface area contributed by atoms with Crippen LogP contribution in [0.3, 0.4) is 0 Å². The van der Waals surface area contributed by atoms with Crippen LogP contribution in [-0.4, -0.2) is 0 Å². The van der Waals surface area contributed by atoms with E-state index < -0.39 is 0 Å². The molecule has 246 valence electrons. The molecular formula is C51H36O. The van der Waals surface area contributed by atoms with E-state index in [0.29, 0.717) is 0 Å². The second kappa shape index (κ2) is 13.9. The van der Waals surface area contributed by atoms with E-state index in [9.17, 15) is 0 Å². The van der Waals surface area contributed by atoms with Crippen LogP contribution in [0.5, 0.6) is 0 Å². The van der Waals surface area contributed by atoms with Crippen molar-refractivity contribution >= 4 is 33.6 Å². The first-order chi connectivity index (χ1) is 25.7. The largest absolute Gasteiger partial charge is 0.456 e. The molecular weight excluding hydrogens is 629 g/mol. The van der Waals surface area contributed by atoms with Gasteiger partial charge in [0.1, 0.15) is 11.2 Å². The van der Waals surface area contributed by atoms with Crippen molar-refractivity contribution in [1.29, 1.82) is 0 Å². The summed E-state index contributed by atoms with van der Waals surface area (Å²) in [7, 11) is 0. The number of rotatable bonds is 8. The van der Waals surface area contributed by atoms with Gasteiger partial charge in [-0.3, -0.25) is 0 Å². The summed E-state index contributed by atoms with van der Waals surface area (Å²) in [6, 6.07) is 71.6. The molecule has 9 rings (SSSR count). The van der Waals surface area contributed by atoms with E-state index >= 15 is 0 Å². The van der Waals surface area contributed by atoms with Gasteiger partial charge in [-0.2, -0.15) is 0 Å². The maximum Gasteiger partial charge on any atom is 0.135 e. The average molecular weight is 665 g/mol. The van der Waals surface area contributed by atoms with E-state index in [4.69, 9.17) is 4.42 Å². The molecule has 1 nitrogen and oxygen atoms in total. The molecule has 0 saturated heterocycles. The van der Waals surface area contributed by atoms with E-state index in [1.54, 1.807) is 0 Å². The highest BCUT2D eigenvalue weighted by Crippen LogP contribution is 2.35. The summed E-state index contributed by atoms with van der Waals surface area (Å²) in [5.41, 5.74) is 16.4.